The van der Waals surface area contributed by atoms with E-state index in [1.807, 2.05) is 96.1 Å². The third kappa shape index (κ3) is 2.89. The lowest BCUT2D eigenvalue weighted by Gasteiger charge is -2.62. The molecule has 6 atom stereocenters. The van der Waals surface area contributed by atoms with Crippen molar-refractivity contribution in [3.05, 3.63) is 97.6 Å². The first-order valence-corrected chi connectivity index (χ1v) is 15.8. The number of benzene rings is 2. The molecule has 0 bridgehead atoms. The molecule has 5 aliphatic heterocycles. The first-order chi connectivity index (χ1) is 21.0. The van der Waals surface area contributed by atoms with Gasteiger partial charge in [-0.3, -0.25) is 9.59 Å². The zero-order valence-electron chi connectivity index (χ0n) is 27.1. The number of nitrogens with zero attached hydrogens (tertiary/aromatic N) is 3. The Morgan fingerprint density at radius 1 is 0.756 bits per heavy atom. The third-order valence-electron chi connectivity index (χ3n) is 12.1. The Morgan fingerprint density at radius 3 is 1.91 bits per heavy atom. The predicted molar refractivity (Wildman–Crippen MR) is 175 cm³/mol. The van der Waals surface area contributed by atoms with Gasteiger partial charge in [0.15, 0.2) is 11.3 Å². The standard InChI is InChI=1S/C37H44N4O4/c1-10-31(4,5)36-34(44,23-17-13-15-19-25(23)38-36)21-27-30(43)40-28(29(42)39(27)36)22-35(45)24-18-14-16-20-26(24)41(33(8,9)12-3)37(35,40)32(6,7)11-2/h10-20,27-28,38,44-45H,1-3,21-22H2,4-9H3/t27-,28-,34-,35+,36+,37+/m0/s1. The number of amides is 2. The van der Waals surface area contributed by atoms with Crippen molar-refractivity contribution in [1.29, 1.82) is 0 Å². The summed E-state index contributed by atoms with van der Waals surface area (Å²) in [5, 5.41) is 29.6. The molecule has 8 heteroatoms. The average molecular weight is 609 g/mol. The molecule has 0 radical (unpaired) electrons. The highest BCUT2D eigenvalue weighted by molar-refractivity contribution is 6.02. The lowest BCUT2D eigenvalue weighted by molar-refractivity contribution is -0.181. The van der Waals surface area contributed by atoms with E-state index in [9.17, 15) is 10.2 Å². The maximum Gasteiger partial charge on any atom is 0.248 e. The molecule has 236 valence electrons. The number of anilines is 2. The Balaban J connectivity index is 1.52. The molecule has 0 saturated carbocycles. The molecule has 0 aromatic heterocycles. The summed E-state index contributed by atoms with van der Waals surface area (Å²) in [5.74, 6) is -0.633. The van der Waals surface area contributed by atoms with Crippen molar-refractivity contribution in [2.24, 2.45) is 10.8 Å². The fraction of sp³-hybridized carbons (Fsp3) is 0.459. The number of carbonyl (C=O) groups is 2. The van der Waals surface area contributed by atoms with E-state index >= 15 is 9.59 Å². The van der Waals surface area contributed by atoms with Crippen LogP contribution in [0.15, 0.2) is 86.5 Å². The molecule has 5 aliphatic rings. The zero-order chi connectivity index (χ0) is 32.8. The second-order valence-corrected chi connectivity index (χ2v) is 15.2. The van der Waals surface area contributed by atoms with Crippen molar-refractivity contribution >= 4 is 23.2 Å². The highest BCUT2D eigenvalue weighted by Gasteiger charge is 2.83. The number of fused-ring (bicyclic) bond motifs is 10. The molecule has 0 spiro atoms. The Labute approximate surface area is 265 Å². The Kier molecular flexibility index (Phi) is 5.61. The molecule has 5 heterocycles. The van der Waals surface area contributed by atoms with Crippen LogP contribution in [0.2, 0.25) is 0 Å². The predicted octanol–water partition coefficient (Wildman–Crippen LogP) is 5.00. The van der Waals surface area contributed by atoms with Gasteiger partial charge in [-0.2, -0.15) is 0 Å². The molecule has 0 unspecified atom stereocenters. The minimum Gasteiger partial charge on any atom is -0.380 e. The van der Waals surface area contributed by atoms with Crippen molar-refractivity contribution < 1.29 is 19.8 Å². The normalized spacial score (nSPS) is 34.8. The van der Waals surface area contributed by atoms with Gasteiger partial charge in [0, 0.05) is 46.2 Å². The molecule has 3 N–H and O–H groups in total. The van der Waals surface area contributed by atoms with Gasteiger partial charge >= 0.3 is 0 Å². The molecule has 8 nitrogen and oxygen atoms in total. The van der Waals surface area contributed by atoms with Gasteiger partial charge in [0.25, 0.3) is 0 Å². The van der Waals surface area contributed by atoms with Crippen molar-refractivity contribution in [3.8, 4) is 0 Å². The van der Waals surface area contributed by atoms with Crippen molar-refractivity contribution in [3.63, 3.8) is 0 Å². The molecule has 45 heavy (non-hydrogen) atoms. The van der Waals surface area contributed by atoms with Crippen LogP contribution in [0.25, 0.3) is 0 Å². The largest absolute Gasteiger partial charge is 0.380 e. The van der Waals surface area contributed by atoms with Gasteiger partial charge in [-0.1, -0.05) is 82.3 Å². The fourth-order valence-corrected chi connectivity index (χ4v) is 9.88. The number of nitrogens with one attached hydrogen (secondary N) is 1. The molecule has 7 rings (SSSR count). The number of carbonyl (C=O) groups excluding carboxylic acids is 2. The van der Waals surface area contributed by atoms with E-state index in [1.54, 1.807) is 22.0 Å². The average Bonchev–Trinajstić information content (AvgIpc) is 3.63. The number of rotatable bonds is 6. The van der Waals surface area contributed by atoms with E-state index in [-0.39, 0.29) is 24.7 Å². The van der Waals surface area contributed by atoms with Crippen LogP contribution < -0.4 is 10.2 Å². The molecule has 0 aliphatic carbocycles. The summed E-state index contributed by atoms with van der Waals surface area (Å²) >= 11 is 0. The summed E-state index contributed by atoms with van der Waals surface area (Å²) < 4.78 is 0. The first kappa shape index (κ1) is 29.8. The number of para-hydroxylation sites is 2. The van der Waals surface area contributed by atoms with Crippen molar-refractivity contribution in [2.75, 3.05) is 10.2 Å². The molecule has 3 fully saturated rings. The summed E-state index contributed by atoms with van der Waals surface area (Å²) in [6.07, 6.45) is 5.31. The van der Waals surface area contributed by atoms with Gasteiger partial charge in [0.05, 0.1) is 5.54 Å². The SMILES string of the molecule is C=CC(C)(C)N1c2ccccc2[C@]2(O)C[C@H]3C(=O)N4[C@@H](C[C@]5(O)c6ccccc6N[C@]45C(C)(C)C=C)C(=O)N3[C@]12C(C)(C)C=C. The summed E-state index contributed by atoms with van der Waals surface area (Å²) in [4.78, 5) is 36.0. The van der Waals surface area contributed by atoms with Crippen LogP contribution in [0.5, 0.6) is 0 Å². The minimum atomic E-state index is -1.64. The zero-order valence-corrected chi connectivity index (χ0v) is 27.1. The van der Waals surface area contributed by atoms with Gasteiger partial charge in [-0.05, 0) is 26.0 Å². The van der Waals surface area contributed by atoms with Gasteiger partial charge < -0.3 is 30.2 Å². The molecule has 2 aromatic carbocycles. The second-order valence-electron chi connectivity index (χ2n) is 15.2. The van der Waals surface area contributed by atoms with Gasteiger partial charge in [-0.15, -0.1) is 19.7 Å². The van der Waals surface area contributed by atoms with Gasteiger partial charge in [0.2, 0.25) is 11.8 Å². The van der Waals surface area contributed by atoms with E-state index in [4.69, 9.17) is 0 Å². The van der Waals surface area contributed by atoms with E-state index in [2.05, 4.69) is 30.0 Å². The summed E-state index contributed by atoms with van der Waals surface area (Å²) in [6.45, 7) is 24.3. The highest BCUT2D eigenvalue weighted by Crippen LogP contribution is 2.70. The maximum absolute atomic E-state index is 15.4. The molecule has 2 amide bonds. The first-order valence-electron chi connectivity index (χ1n) is 15.8. The highest BCUT2D eigenvalue weighted by atomic mass is 16.3. The summed E-state index contributed by atoms with van der Waals surface area (Å²) in [6, 6.07) is 13.1. The van der Waals surface area contributed by atoms with Crippen molar-refractivity contribution in [1.82, 2.24) is 9.80 Å². The smallest absolute Gasteiger partial charge is 0.248 e. The Hall–Kier alpha value is -3.88. The van der Waals surface area contributed by atoms with E-state index in [0.717, 1.165) is 11.4 Å². The lowest BCUT2D eigenvalue weighted by atomic mass is 9.67. The lowest BCUT2D eigenvalue weighted by Crippen LogP contribution is -2.80. The second kappa shape index (κ2) is 8.47. The van der Waals surface area contributed by atoms with Crippen molar-refractivity contribution in [2.45, 2.75) is 94.5 Å². The van der Waals surface area contributed by atoms with E-state index in [0.29, 0.717) is 11.1 Å². The van der Waals surface area contributed by atoms with Crippen LogP contribution in [0.3, 0.4) is 0 Å². The van der Waals surface area contributed by atoms with Crippen LogP contribution in [-0.2, 0) is 20.8 Å². The number of piperazine rings is 1. The third-order valence-corrected chi connectivity index (χ3v) is 12.1. The van der Waals surface area contributed by atoms with Crippen LogP contribution >= 0.6 is 0 Å². The summed E-state index contributed by atoms with van der Waals surface area (Å²) in [7, 11) is 0. The number of aliphatic hydroxyl groups is 2. The minimum absolute atomic E-state index is 0.0110. The van der Waals surface area contributed by atoms with Gasteiger partial charge in [0.1, 0.15) is 23.3 Å². The molecule has 3 saturated heterocycles. The fourth-order valence-electron chi connectivity index (χ4n) is 9.88. The molecular formula is C37H44N4O4. The summed E-state index contributed by atoms with van der Waals surface area (Å²) in [5.41, 5.74) is -5.82. The van der Waals surface area contributed by atoms with E-state index < -0.39 is 51.0 Å². The number of hydrogen-bond donors (Lipinski definition) is 3. The number of hydrogen-bond acceptors (Lipinski definition) is 6. The van der Waals surface area contributed by atoms with Crippen LogP contribution in [-0.4, -0.2) is 60.8 Å². The monoisotopic (exact) mass is 608 g/mol. The van der Waals surface area contributed by atoms with Crippen LogP contribution in [0, 0.1) is 10.8 Å². The Morgan fingerprint density at radius 2 is 1.29 bits per heavy atom. The maximum atomic E-state index is 15.4. The Bertz CT molecular complexity index is 1710. The van der Waals surface area contributed by atoms with Gasteiger partial charge in [-0.25, -0.2) is 0 Å². The van der Waals surface area contributed by atoms with E-state index in [1.165, 1.54) is 0 Å². The van der Waals surface area contributed by atoms with Crippen LogP contribution in [0.4, 0.5) is 11.4 Å². The molecule has 2 aromatic rings. The van der Waals surface area contributed by atoms with Crippen LogP contribution in [0.1, 0.15) is 65.5 Å². The quantitative estimate of drug-likeness (QED) is 0.400. The molecular weight excluding hydrogens is 564 g/mol. The topological polar surface area (TPSA) is 96.4 Å².